The molecule has 3 aliphatic heterocycles. The molecule has 37 heavy (non-hydrogen) atoms. The Labute approximate surface area is 224 Å². The molecule has 0 radical (unpaired) electrons. The first-order valence-electron chi connectivity index (χ1n) is 13.6. The number of hydrogen-bond acceptors (Lipinski definition) is 4. The van der Waals surface area contributed by atoms with E-state index in [1.807, 2.05) is 42.5 Å². The van der Waals surface area contributed by atoms with Gasteiger partial charge in [-0.15, -0.1) is 0 Å². The number of fused-ring (bicyclic) bond motifs is 3. The van der Waals surface area contributed by atoms with Crippen molar-refractivity contribution in [1.29, 1.82) is 0 Å². The van der Waals surface area contributed by atoms with Gasteiger partial charge >= 0.3 is 0 Å². The molecular weight excluding hydrogens is 491 g/mol. The standard InChI is InChI=1S/C30H36FN2O3.ClH/c31-25-12-7-13-26(18-25)35-28-21-33(16-14-22(28)15-17-33)20-27-19-29(32-36-27)30(34,23-8-3-1-4-9-23)24-10-5-2-6-11-24;/h1,3-4,7-9,12-13,18-19,22,24,28,34H,2,5-6,10-11,14-17,20-21H2;1H/q+1;/p-1/t22?,28-,30-,33?;/m0./s1. The fourth-order valence-corrected chi connectivity index (χ4v) is 6.99. The van der Waals surface area contributed by atoms with Crippen molar-refractivity contribution < 1.29 is 35.6 Å². The summed E-state index contributed by atoms with van der Waals surface area (Å²) in [5.41, 5.74) is 0.390. The number of aromatic nitrogens is 1. The van der Waals surface area contributed by atoms with Gasteiger partial charge in [0.05, 0.1) is 13.1 Å². The van der Waals surface area contributed by atoms with E-state index in [0.717, 1.165) is 80.5 Å². The Bertz CT molecular complexity index is 1170. The molecule has 7 rings (SSSR count). The molecule has 1 saturated carbocycles. The molecule has 1 aliphatic carbocycles. The smallest absolute Gasteiger partial charge is 0.191 e. The maximum absolute atomic E-state index is 13.7. The summed E-state index contributed by atoms with van der Waals surface area (Å²) < 4.78 is 26.8. The van der Waals surface area contributed by atoms with Crippen LogP contribution in [-0.2, 0) is 12.1 Å². The Balaban J connectivity index is 0.00000280. The van der Waals surface area contributed by atoms with Crippen molar-refractivity contribution in [3.8, 4) is 5.75 Å². The highest BCUT2D eigenvalue weighted by atomic mass is 35.5. The number of nitrogens with zero attached hydrogens (tertiary/aromatic N) is 2. The van der Waals surface area contributed by atoms with E-state index in [2.05, 4.69) is 5.16 Å². The van der Waals surface area contributed by atoms with Gasteiger partial charge in [-0.25, -0.2) is 4.39 Å². The lowest BCUT2D eigenvalue weighted by molar-refractivity contribution is -0.959. The zero-order valence-electron chi connectivity index (χ0n) is 21.2. The minimum atomic E-state index is -1.14. The van der Waals surface area contributed by atoms with E-state index in [4.69, 9.17) is 9.26 Å². The van der Waals surface area contributed by atoms with Crippen LogP contribution in [-0.4, -0.2) is 40.5 Å². The van der Waals surface area contributed by atoms with Gasteiger partial charge in [0.25, 0.3) is 0 Å². The number of halogens is 2. The van der Waals surface area contributed by atoms with E-state index in [1.165, 1.54) is 18.6 Å². The Morgan fingerprint density at radius 3 is 2.46 bits per heavy atom. The van der Waals surface area contributed by atoms with Gasteiger partial charge < -0.3 is 31.3 Å². The molecular formula is C30H36ClFN2O3. The summed E-state index contributed by atoms with van der Waals surface area (Å²) in [6, 6.07) is 18.4. The molecule has 5 nitrogen and oxygen atoms in total. The monoisotopic (exact) mass is 526 g/mol. The van der Waals surface area contributed by atoms with Crippen molar-refractivity contribution in [1.82, 2.24) is 5.16 Å². The Hall–Kier alpha value is -2.41. The zero-order valence-corrected chi connectivity index (χ0v) is 22.0. The highest BCUT2D eigenvalue weighted by Crippen LogP contribution is 2.44. The van der Waals surface area contributed by atoms with E-state index >= 15 is 0 Å². The van der Waals surface area contributed by atoms with Crippen LogP contribution in [0.1, 0.15) is 62.0 Å². The van der Waals surface area contributed by atoms with Crippen molar-refractivity contribution in [3.05, 3.63) is 83.5 Å². The fourth-order valence-electron chi connectivity index (χ4n) is 6.99. The lowest BCUT2D eigenvalue weighted by Crippen LogP contribution is -3.00. The first-order valence-corrected chi connectivity index (χ1v) is 13.6. The molecule has 0 unspecified atom stereocenters. The molecule has 4 aliphatic rings. The van der Waals surface area contributed by atoms with Crippen molar-refractivity contribution >= 4 is 0 Å². The van der Waals surface area contributed by atoms with Gasteiger partial charge in [0.2, 0.25) is 0 Å². The van der Waals surface area contributed by atoms with Crippen LogP contribution in [0, 0.1) is 17.7 Å². The molecule has 0 spiro atoms. The van der Waals surface area contributed by atoms with Crippen LogP contribution in [0.4, 0.5) is 4.39 Å². The number of piperidine rings is 3. The Morgan fingerprint density at radius 1 is 0.973 bits per heavy atom. The van der Waals surface area contributed by atoms with Crippen molar-refractivity contribution in [2.24, 2.45) is 11.8 Å². The van der Waals surface area contributed by atoms with Crippen LogP contribution in [0.25, 0.3) is 0 Å². The largest absolute Gasteiger partial charge is 1.00 e. The molecule has 2 aromatic carbocycles. The van der Waals surface area contributed by atoms with Crippen molar-refractivity contribution in [3.63, 3.8) is 0 Å². The first-order chi connectivity index (χ1) is 17.5. The Kier molecular flexibility index (Phi) is 7.62. The predicted molar refractivity (Wildman–Crippen MR) is 135 cm³/mol. The van der Waals surface area contributed by atoms with Gasteiger partial charge in [0.15, 0.2) is 11.9 Å². The van der Waals surface area contributed by atoms with Gasteiger partial charge in [-0.1, -0.05) is 60.8 Å². The lowest BCUT2D eigenvalue weighted by Gasteiger charge is -2.51. The van der Waals surface area contributed by atoms with Crippen LogP contribution in [0.2, 0.25) is 0 Å². The normalized spacial score (nSPS) is 27.3. The average Bonchev–Trinajstić information content (AvgIpc) is 3.38. The van der Waals surface area contributed by atoms with Crippen LogP contribution in [0.15, 0.2) is 65.2 Å². The number of hydrogen-bond donors (Lipinski definition) is 1. The molecule has 3 aromatic rings. The summed E-state index contributed by atoms with van der Waals surface area (Å²) in [6.45, 7) is 3.77. The summed E-state index contributed by atoms with van der Waals surface area (Å²) >= 11 is 0. The fraction of sp³-hybridized carbons (Fsp3) is 0.500. The second-order valence-corrected chi connectivity index (χ2v) is 11.2. The summed E-state index contributed by atoms with van der Waals surface area (Å²) in [4.78, 5) is 0. The van der Waals surface area contributed by atoms with E-state index in [-0.39, 0.29) is 30.2 Å². The van der Waals surface area contributed by atoms with Crippen LogP contribution < -0.4 is 17.1 Å². The summed E-state index contributed by atoms with van der Waals surface area (Å²) in [6.07, 6.45) is 7.75. The number of ether oxygens (including phenoxy) is 1. The van der Waals surface area contributed by atoms with Gasteiger partial charge in [-0.2, -0.15) is 0 Å². The maximum Gasteiger partial charge on any atom is 0.191 e. The van der Waals surface area contributed by atoms with Crippen LogP contribution in [0.3, 0.4) is 0 Å². The Morgan fingerprint density at radius 2 is 1.73 bits per heavy atom. The lowest BCUT2D eigenvalue weighted by atomic mass is 9.71. The van der Waals surface area contributed by atoms with Crippen molar-refractivity contribution in [2.45, 2.75) is 63.2 Å². The van der Waals surface area contributed by atoms with Gasteiger partial charge in [0, 0.05) is 30.9 Å². The second kappa shape index (κ2) is 10.8. The highest BCUT2D eigenvalue weighted by Gasteiger charge is 2.48. The highest BCUT2D eigenvalue weighted by molar-refractivity contribution is 5.33. The first kappa shape index (κ1) is 26.2. The predicted octanol–water partition coefficient (Wildman–Crippen LogP) is 2.82. The third-order valence-corrected chi connectivity index (χ3v) is 8.98. The van der Waals surface area contributed by atoms with Gasteiger partial charge in [-0.3, -0.25) is 0 Å². The quantitative estimate of drug-likeness (QED) is 0.481. The van der Waals surface area contributed by atoms with E-state index in [1.54, 1.807) is 6.07 Å². The van der Waals surface area contributed by atoms with Gasteiger partial charge in [0.1, 0.15) is 36.0 Å². The van der Waals surface area contributed by atoms with Crippen LogP contribution >= 0.6 is 0 Å². The molecule has 3 saturated heterocycles. The molecule has 2 bridgehead atoms. The van der Waals surface area contributed by atoms with Crippen molar-refractivity contribution in [2.75, 3.05) is 19.6 Å². The third kappa shape index (κ3) is 5.16. The average molecular weight is 527 g/mol. The summed E-state index contributed by atoms with van der Waals surface area (Å²) in [7, 11) is 0. The summed E-state index contributed by atoms with van der Waals surface area (Å²) in [5.74, 6) is 1.80. The van der Waals surface area contributed by atoms with Gasteiger partial charge in [-0.05, 0) is 36.5 Å². The number of rotatable bonds is 7. The molecule has 2 atom stereocenters. The third-order valence-electron chi connectivity index (χ3n) is 8.98. The van der Waals surface area contributed by atoms with E-state index < -0.39 is 5.60 Å². The molecule has 1 N–H and O–H groups in total. The molecule has 0 amide bonds. The minimum Gasteiger partial charge on any atom is -1.00 e. The number of benzene rings is 2. The topological polar surface area (TPSA) is 55.5 Å². The summed E-state index contributed by atoms with van der Waals surface area (Å²) in [5, 5.41) is 16.6. The SMILES string of the molecule is O[C@](c1ccccc1)(c1cc(C[N+]23CCC(CC2)[C@@H](Oc2cccc(F)c2)C3)on1)C1CCCCC1.[Cl-]. The minimum absolute atomic E-state index is 0. The molecule has 7 heteroatoms. The number of aliphatic hydroxyl groups is 1. The molecule has 4 heterocycles. The maximum atomic E-state index is 13.7. The second-order valence-electron chi connectivity index (χ2n) is 11.2. The zero-order chi connectivity index (χ0) is 24.6. The van der Waals surface area contributed by atoms with Crippen LogP contribution in [0.5, 0.6) is 5.75 Å². The van der Waals surface area contributed by atoms with E-state index in [0.29, 0.717) is 17.4 Å². The number of quaternary nitrogens is 1. The molecule has 198 valence electrons. The molecule has 1 aromatic heterocycles. The molecule has 4 fully saturated rings. The van der Waals surface area contributed by atoms with E-state index in [9.17, 15) is 9.50 Å².